The summed E-state index contributed by atoms with van der Waals surface area (Å²) in [7, 11) is 0. The van der Waals surface area contributed by atoms with Gasteiger partial charge in [-0.25, -0.2) is 14.8 Å². The summed E-state index contributed by atoms with van der Waals surface area (Å²) in [6.45, 7) is 15.8. The van der Waals surface area contributed by atoms with Gasteiger partial charge < -0.3 is 10.1 Å². The van der Waals surface area contributed by atoms with E-state index >= 15 is 0 Å². The van der Waals surface area contributed by atoms with E-state index in [4.69, 9.17) is 4.74 Å². The lowest BCUT2D eigenvalue weighted by Gasteiger charge is -2.40. The molecule has 0 saturated carbocycles. The molecule has 0 spiro atoms. The fourth-order valence-corrected chi connectivity index (χ4v) is 2.81. The first-order valence-corrected chi connectivity index (χ1v) is 9.50. The number of rotatable bonds is 5. The zero-order valence-corrected chi connectivity index (χ0v) is 17.1. The maximum absolute atomic E-state index is 12.5. The van der Waals surface area contributed by atoms with E-state index in [9.17, 15) is 9.59 Å². The summed E-state index contributed by atoms with van der Waals surface area (Å²) in [4.78, 5) is 24.9. The number of hydrazine groups is 1. The van der Waals surface area contributed by atoms with Crippen LogP contribution < -0.4 is 5.32 Å². The lowest BCUT2D eigenvalue weighted by atomic mass is 9.95. The molecule has 6 nitrogen and oxygen atoms in total. The van der Waals surface area contributed by atoms with Gasteiger partial charge in [0.2, 0.25) is 5.91 Å². The van der Waals surface area contributed by atoms with Gasteiger partial charge in [0.15, 0.2) is 0 Å². The molecule has 1 rings (SSSR count). The molecule has 0 radical (unpaired) electrons. The van der Waals surface area contributed by atoms with Gasteiger partial charge in [0.1, 0.15) is 5.60 Å². The van der Waals surface area contributed by atoms with Crippen molar-refractivity contribution in [2.75, 3.05) is 19.6 Å². The van der Waals surface area contributed by atoms with E-state index in [1.807, 2.05) is 46.6 Å². The average molecular weight is 356 g/mol. The van der Waals surface area contributed by atoms with E-state index in [0.29, 0.717) is 19.6 Å². The van der Waals surface area contributed by atoms with Crippen LogP contribution in [0.3, 0.4) is 0 Å². The average Bonchev–Trinajstić information content (AvgIpc) is 2.44. The van der Waals surface area contributed by atoms with Gasteiger partial charge in [0.25, 0.3) is 0 Å². The van der Waals surface area contributed by atoms with Gasteiger partial charge in [-0.2, -0.15) is 0 Å². The molecule has 0 aromatic rings. The largest absolute Gasteiger partial charge is 0.443 e. The zero-order chi connectivity index (χ0) is 19.3. The number of carbonyl (C=O) groups excluding carboxylic acids is 2. The van der Waals surface area contributed by atoms with Crippen LogP contribution in [0.15, 0.2) is 0 Å². The van der Waals surface area contributed by atoms with Crippen molar-refractivity contribution in [3.05, 3.63) is 0 Å². The Balaban J connectivity index is 2.65. The predicted octanol–water partition coefficient (Wildman–Crippen LogP) is 3.57. The van der Waals surface area contributed by atoms with Crippen LogP contribution in [0, 0.1) is 5.92 Å². The third-order valence-corrected chi connectivity index (χ3v) is 4.01. The number of hydrogen-bond donors (Lipinski definition) is 1. The zero-order valence-electron chi connectivity index (χ0n) is 17.1. The number of hydrogen-bond acceptors (Lipinski definition) is 4. The summed E-state index contributed by atoms with van der Waals surface area (Å²) in [5.41, 5.74) is -0.718. The number of carbonyl (C=O) groups is 2. The monoisotopic (exact) mass is 355 g/mol. The van der Waals surface area contributed by atoms with Gasteiger partial charge in [0.05, 0.1) is 0 Å². The second kappa shape index (κ2) is 8.88. The Morgan fingerprint density at radius 2 is 1.68 bits per heavy atom. The molecule has 1 heterocycles. The molecule has 1 aliphatic heterocycles. The molecule has 1 fully saturated rings. The molecular formula is C19H37N3O3. The molecule has 146 valence electrons. The Bertz CT molecular complexity index is 444. The normalized spacial score (nSPS) is 17.2. The van der Waals surface area contributed by atoms with Crippen LogP contribution in [0.1, 0.15) is 74.1 Å². The Morgan fingerprint density at radius 3 is 2.12 bits per heavy atom. The van der Waals surface area contributed by atoms with Crippen LogP contribution in [0.4, 0.5) is 4.79 Å². The smallest absolute Gasteiger partial charge is 0.424 e. The molecule has 0 aliphatic carbocycles. The fourth-order valence-electron chi connectivity index (χ4n) is 2.81. The third-order valence-electron chi connectivity index (χ3n) is 4.01. The number of amides is 2. The number of ether oxygens (including phenoxy) is 1. The lowest BCUT2D eigenvalue weighted by Crippen LogP contribution is -2.53. The Labute approximate surface area is 153 Å². The quantitative estimate of drug-likeness (QED) is 0.819. The first-order valence-electron chi connectivity index (χ1n) is 9.50. The maximum atomic E-state index is 12.5. The van der Waals surface area contributed by atoms with E-state index in [1.165, 1.54) is 0 Å². The molecule has 0 aromatic carbocycles. The summed E-state index contributed by atoms with van der Waals surface area (Å²) in [6, 6.07) is 0. The maximum Gasteiger partial charge on any atom is 0.424 e. The summed E-state index contributed by atoms with van der Waals surface area (Å²) >= 11 is 0. The molecule has 0 atom stereocenters. The molecule has 1 N–H and O–H groups in total. The Hall–Kier alpha value is -1.30. The van der Waals surface area contributed by atoms with Crippen molar-refractivity contribution in [3.63, 3.8) is 0 Å². The van der Waals surface area contributed by atoms with E-state index in [1.54, 1.807) is 5.01 Å². The molecule has 0 unspecified atom stereocenters. The standard InChI is InChI=1S/C19H37N3O3/c1-8-9-12-22(17(24)25-19(5,6)7)21-13-10-15(11-14-21)16(23)20-18(2,3)4/h15H,8-14H2,1-7H3,(H,20,23). The summed E-state index contributed by atoms with van der Waals surface area (Å²) in [6.07, 6.45) is 3.17. The van der Waals surface area contributed by atoms with Crippen LogP contribution in [0.2, 0.25) is 0 Å². The topological polar surface area (TPSA) is 61.9 Å². The summed E-state index contributed by atoms with van der Waals surface area (Å²) in [5, 5.41) is 6.83. The SMILES string of the molecule is CCCCN(C(=O)OC(C)(C)C)N1CCC(C(=O)NC(C)(C)C)CC1. The van der Waals surface area contributed by atoms with Crippen molar-refractivity contribution in [1.29, 1.82) is 0 Å². The van der Waals surface area contributed by atoms with Gasteiger partial charge in [-0.15, -0.1) is 0 Å². The van der Waals surface area contributed by atoms with E-state index < -0.39 is 5.60 Å². The van der Waals surface area contributed by atoms with Crippen LogP contribution >= 0.6 is 0 Å². The Kier molecular flexibility index (Phi) is 7.72. The third kappa shape index (κ3) is 8.08. The molecule has 0 aromatic heterocycles. The van der Waals surface area contributed by atoms with Crippen molar-refractivity contribution in [2.45, 2.75) is 85.3 Å². The second-order valence-electron chi connectivity index (χ2n) is 8.92. The first-order chi connectivity index (χ1) is 11.4. The highest BCUT2D eigenvalue weighted by atomic mass is 16.6. The van der Waals surface area contributed by atoms with Crippen molar-refractivity contribution in [3.8, 4) is 0 Å². The highest BCUT2D eigenvalue weighted by Gasteiger charge is 2.32. The number of unbranched alkanes of at least 4 members (excludes halogenated alkanes) is 1. The molecule has 1 saturated heterocycles. The van der Waals surface area contributed by atoms with E-state index in [0.717, 1.165) is 25.7 Å². The molecule has 6 heteroatoms. The molecule has 2 amide bonds. The van der Waals surface area contributed by atoms with Gasteiger partial charge in [0, 0.05) is 31.1 Å². The second-order valence-corrected chi connectivity index (χ2v) is 8.92. The minimum atomic E-state index is -0.507. The van der Waals surface area contributed by atoms with Gasteiger partial charge in [-0.05, 0) is 60.8 Å². The highest BCUT2D eigenvalue weighted by molar-refractivity contribution is 5.79. The Morgan fingerprint density at radius 1 is 1.12 bits per heavy atom. The van der Waals surface area contributed by atoms with Crippen LogP contribution in [-0.4, -0.2) is 52.8 Å². The van der Waals surface area contributed by atoms with Crippen LogP contribution in [0.5, 0.6) is 0 Å². The molecule has 1 aliphatic rings. The van der Waals surface area contributed by atoms with E-state index in [-0.39, 0.29) is 23.5 Å². The minimum Gasteiger partial charge on any atom is -0.443 e. The van der Waals surface area contributed by atoms with Crippen LogP contribution in [0.25, 0.3) is 0 Å². The number of nitrogens with zero attached hydrogens (tertiary/aromatic N) is 2. The first kappa shape index (κ1) is 21.7. The van der Waals surface area contributed by atoms with Crippen molar-refractivity contribution >= 4 is 12.0 Å². The van der Waals surface area contributed by atoms with Crippen LogP contribution in [-0.2, 0) is 9.53 Å². The molecule has 0 bridgehead atoms. The van der Waals surface area contributed by atoms with Gasteiger partial charge >= 0.3 is 6.09 Å². The van der Waals surface area contributed by atoms with Gasteiger partial charge in [-0.3, -0.25) is 4.79 Å². The number of piperidine rings is 1. The highest BCUT2D eigenvalue weighted by Crippen LogP contribution is 2.22. The van der Waals surface area contributed by atoms with Crippen molar-refractivity contribution < 1.29 is 14.3 Å². The summed E-state index contributed by atoms with van der Waals surface area (Å²) < 4.78 is 5.56. The molecular weight excluding hydrogens is 318 g/mol. The predicted molar refractivity (Wildman–Crippen MR) is 100 cm³/mol. The lowest BCUT2D eigenvalue weighted by molar-refractivity contribution is -0.130. The van der Waals surface area contributed by atoms with Gasteiger partial charge in [-0.1, -0.05) is 13.3 Å². The minimum absolute atomic E-state index is 0.0159. The van der Waals surface area contributed by atoms with Crippen molar-refractivity contribution in [1.82, 2.24) is 15.3 Å². The fraction of sp³-hybridized carbons (Fsp3) is 0.895. The molecule has 25 heavy (non-hydrogen) atoms. The van der Waals surface area contributed by atoms with Crippen molar-refractivity contribution in [2.24, 2.45) is 5.92 Å². The number of nitrogens with one attached hydrogen (secondary N) is 1. The summed E-state index contributed by atoms with van der Waals surface area (Å²) in [5.74, 6) is 0.131. The van der Waals surface area contributed by atoms with E-state index in [2.05, 4.69) is 12.2 Å².